The summed E-state index contributed by atoms with van der Waals surface area (Å²) in [6, 6.07) is 6.43. The fraction of sp³-hybridized carbons (Fsp3) is 0.571. The van der Waals surface area contributed by atoms with Crippen LogP contribution in [0, 0.1) is 17.8 Å². The summed E-state index contributed by atoms with van der Waals surface area (Å²) in [6.45, 7) is 2.23. The predicted molar refractivity (Wildman–Crippen MR) is 106 cm³/mol. The van der Waals surface area contributed by atoms with Crippen LogP contribution in [0.25, 0.3) is 11.4 Å². The van der Waals surface area contributed by atoms with E-state index in [0.29, 0.717) is 0 Å². The zero-order valence-corrected chi connectivity index (χ0v) is 15.7. The Morgan fingerprint density at radius 2 is 1.80 bits per heavy atom. The number of hydrogen-bond acceptors (Lipinski definition) is 1. The average Bonchev–Trinajstić information content (AvgIpc) is 3.21. The lowest BCUT2D eigenvalue weighted by molar-refractivity contribution is 0.00194. The summed E-state index contributed by atoms with van der Waals surface area (Å²) in [4.78, 5) is 12.1. The number of aromatic nitrogens is 2. The van der Waals surface area contributed by atoms with Crippen LogP contribution in [0.1, 0.15) is 56.7 Å². The number of nitrogens with zero attached hydrogens (tertiary/aromatic N) is 1. The summed E-state index contributed by atoms with van der Waals surface area (Å²) >= 11 is 0. The molecule has 2 heterocycles. The van der Waals surface area contributed by atoms with Gasteiger partial charge in [0.15, 0.2) is 0 Å². The van der Waals surface area contributed by atoms with E-state index in [-0.39, 0.29) is 17.9 Å². The van der Waals surface area contributed by atoms with Gasteiger partial charge in [-0.15, -0.1) is 12.4 Å². The average molecular weight is 358 g/mol. The Balaban J connectivity index is 0.00000157. The highest BCUT2D eigenvalue weighted by Gasteiger charge is 2.50. The van der Waals surface area contributed by atoms with Crippen molar-refractivity contribution in [3.05, 3.63) is 35.7 Å². The Kier molecular flexibility index (Phi) is 4.31. The molecule has 4 saturated carbocycles. The molecule has 0 atom stereocenters. The minimum Gasteiger partial charge on any atom is -0.360 e. The zero-order chi connectivity index (χ0) is 16.1. The summed E-state index contributed by atoms with van der Waals surface area (Å²) < 4.78 is 0. The van der Waals surface area contributed by atoms with Gasteiger partial charge in [-0.05, 0) is 86.5 Å². The lowest BCUT2D eigenvalue weighted by Gasteiger charge is -2.54. The Hall–Kier alpha value is -1.48. The van der Waals surface area contributed by atoms with Gasteiger partial charge in [-0.25, -0.2) is 0 Å². The standard InChI is InChI=1S/C21H27N3.ClH/c1-2-17-9-19(18-4-3-5-22-18)24-20(17)13-23-21-10-14-6-15(11-21)8-16(7-14)12-21;/h3-5,9,13-16,22,24H,2,6-8,10-12H2,1H3;1H. The molecule has 4 heteroatoms. The van der Waals surface area contributed by atoms with Crippen LogP contribution < -0.4 is 0 Å². The fourth-order valence-electron chi connectivity index (χ4n) is 5.99. The molecule has 4 aliphatic carbocycles. The quantitative estimate of drug-likeness (QED) is 0.690. The molecule has 134 valence electrons. The summed E-state index contributed by atoms with van der Waals surface area (Å²) in [5, 5.41) is 0. The number of aliphatic imine (C=N–C) groups is 1. The maximum absolute atomic E-state index is 5.22. The van der Waals surface area contributed by atoms with Gasteiger partial charge in [-0.2, -0.15) is 0 Å². The number of H-pyrrole nitrogens is 2. The molecule has 0 saturated heterocycles. The molecule has 0 spiro atoms. The molecule has 25 heavy (non-hydrogen) atoms. The van der Waals surface area contributed by atoms with Crippen molar-refractivity contribution in [2.45, 2.75) is 57.4 Å². The van der Waals surface area contributed by atoms with Gasteiger partial charge in [0.1, 0.15) is 0 Å². The number of aryl methyl sites for hydroxylation is 1. The van der Waals surface area contributed by atoms with E-state index < -0.39 is 0 Å². The van der Waals surface area contributed by atoms with Crippen molar-refractivity contribution in [3.8, 4) is 11.4 Å². The Morgan fingerprint density at radius 1 is 1.12 bits per heavy atom. The third-order valence-electron chi connectivity index (χ3n) is 6.68. The van der Waals surface area contributed by atoms with Crippen molar-refractivity contribution in [1.29, 1.82) is 0 Å². The molecule has 4 aliphatic rings. The van der Waals surface area contributed by atoms with Gasteiger partial charge in [-0.3, -0.25) is 4.99 Å². The molecule has 3 nitrogen and oxygen atoms in total. The third-order valence-corrected chi connectivity index (χ3v) is 6.68. The second-order valence-corrected chi connectivity index (χ2v) is 8.46. The summed E-state index contributed by atoms with van der Waals surface area (Å²) in [6.07, 6.45) is 13.6. The van der Waals surface area contributed by atoms with Gasteiger partial charge in [-0.1, -0.05) is 6.92 Å². The van der Waals surface area contributed by atoms with E-state index in [1.165, 1.54) is 55.5 Å². The number of halogens is 1. The first-order valence-corrected chi connectivity index (χ1v) is 9.64. The maximum Gasteiger partial charge on any atom is 0.0627 e. The molecule has 2 aromatic heterocycles. The third kappa shape index (κ3) is 2.97. The van der Waals surface area contributed by atoms with Gasteiger partial charge < -0.3 is 9.97 Å². The molecular weight excluding hydrogens is 330 g/mol. The molecule has 4 fully saturated rings. The van der Waals surface area contributed by atoms with Gasteiger partial charge in [0.05, 0.1) is 22.6 Å². The highest BCUT2D eigenvalue weighted by Crippen LogP contribution is 2.57. The van der Waals surface area contributed by atoms with Gasteiger partial charge >= 0.3 is 0 Å². The van der Waals surface area contributed by atoms with Crippen molar-refractivity contribution < 1.29 is 0 Å². The van der Waals surface area contributed by atoms with Crippen LogP contribution in [-0.4, -0.2) is 21.7 Å². The summed E-state index contributed by atoms with van der Waals surface area (Å²) in [5.74, 6) is 2.87. The SMILES string of the molecule is CCc1cc(-c2ccc[nH]2)[nH]c1C=NC12CC3CC(CC(C3)C1)C2.Cl. The molecule has 0 unspecified atom stereocenters. The molecule has 2 N–H and O–H groups in total. The van der Waals surface area contributed by atoms with Crippen LogP contribution in [0.5, 0.6) is 0 Å². The topological polar surface area (TPSA) is 43.9 Å². The van der Waals surface area contributed by atoms with Crippen molar-refractivity contribution in [3.63, 3.8) is 0 Å². The molecule has 0 aliphatic heterocycles. The predicted octanol–water partition coefficient (Wildman–Crippen LogP) is 5.38. The normalized spacial score (nSPS) is 33.1. The number of aromatic amines is 2. The number of rotatable bonds is 4. The summed E-state index contributed by atoms with van der Waals surface area (Å²) in [7, 11) is 0. The molecular formula is C21H28ClN3. The van der Waals surface area contributed by atoms with Crippen LogP contribution in [0.15, 0.2) is 29.4 Å². The van der Waals surface area contributed by atoms with E-state index >= 15 is 0 Å². The Bertz CT molecular complexity index is 721. The maximum atomic E-state index is 5.22. The second kappa shape index (κ2) is 6.35. The second-order valence-electron chi connectivity index (χ2n) is 8.46. The van der Waals surface area contributed by atoms with Gasteiger partial charge in [0.2, 0.25) is 0 Å². The van der Waals surface area contributed by atoms with Gasteiger partial charge in [0, 0.05) is 12.4 Å². The van der Waals surface area contributed by atoms with E-state index in [1.54, 1.807) is 0 Å². The monoisotopic (exact) mass is 357 g/mol. The molecule has 6 rings (SSSR count). The Morgan fingerprint density at radius 3 is 2.36 bits per heavy atom. The highest BCUT2D eigenvalue weighted by atomic mass is 35.5. The Labute approximate surface area is 156 Å². The zero-order valence-electron chi connectivity index (χ0n) is 14.9. The molecule has 0 radical (unpaired) electrons. The van der Waals surface area contributed by atoms with E-state index in [1.807, 2.05) is 12.3 Å². The first-order valence-electron chi connectivity index (χ1n) is 9.64. The smallest absolute Gasteiger partial charge is 0.0627 e. The number of nitrogens with one attached hydrogen (secondary N) is 2. The number of hydrogen-bond donors (Lipinski definition) is 2. The van der Waals surface area contributed by atoms with Crippen molar-refractivity contribution in [2.24, 2.45) is 22.7 Å². The molecule has 2 aromatic rings. The van der Waals surface area contributed by atoms with Crippen LogP contribution in [0.4, 0.5) is 0 Å². The molecule has 0 aromatic carbocycles. The summed E-state index contributed by atoms with van der Waals surface area (Å²) in [5.41, 5.74) is 5.16. The minimum absolute atomic E-state index is 0. The van der Waals surface area contributed by atoms with E-state index in [0.717, 1.165) is 29.9 Å². The van der Waals surface area contributed by atoms with Crippen LogP contribution in [0.3, 0.4) is 0 Å². The fourth-order valence-corrected chi connectivity index (χ4v) is 5.99. The van der Waals surface area contributed by atoms with Crippen molar-refractivity contribution in [2.75, 3.05) is 0 Å². The van der Waals surface area contributed by atoms with Crippen molar-refractivity contribution >= 4 is 18.6 Å². The highest BCUT2D eigenvalue weighted by molar-refractivity contribution is 5.85. The van der Waals surface area contributed by atoms with Crippen LogP contribution in [0.2, 0.25) is 0 Å². The van der Waals surface area contributed by atoms with E-state index in [2.05, 4.69) is 35.2 Å². The van der Waals surface area contributed by atoms with Crippen LogP contribution in [-0.2, 0) is 6.42 Å². The first-order chi connectivity index (χ1) is 11.7. The van der Waals surface area contributed by atoms with Crippen LogP contribution >= 0.6 is 12.4 Å². The largest absolute Gasteiger partial charge is 0.360 e. The molecule has 0 amide bonds. The molecule has 4 bridgehead atoms. The van der Waals surface area contributed by atoms with Crippen molar-refractivity contribution in [1.82, 2.24) is 9.97 Å². The first kappa shape index (κ1) is 17.0. The van der Waals surface area contributed by atoms with E-state index in [9.17, 15) is 0 Å². The van der Waals surface area contributed by atoms with E-state index in [4.69, 9.17) is 4.99 Å². The minimum atomic E-state index is 0. The lowest BCUT2D eigenvalue weighted by atomic mass is 9.53. The lowest BCUT2D eigenvalue weighted by Crippen LogP contribution is -2.49. The van der Waals surface area contributed by atoms with Gasteiger partial charge in [0.25, 0.3) is 0 Å².